The normalized spacial score (nSPS) is 13.0. The molecule has 0 aliphatic carbocycles. The van der Waals surface area contributed by atoms with Crippen LogP contribution in [0.3, 0.4) is 0 Å². The minimum atomic E-state index is -3.16. The van der Waals surface area contributed by atoms with E-state index in [0.29, 0.717) is 18.0 Å². The third kappa shape index (κ3) is 7.92. The van der Waals surface area contributed by atoms with E-state index in [0.717, 1.165) is 36.8 Å². The molecule has 30 heavy (non-hydrogen) atoms. The number of nitrogens with one attached hydrogen (secondary N) is 2. The molecule has 2 aromatic rings. The van der Waals surface area contributed by atoms with Crippen molar-refractivity contribution < 1.29 is 12.8 Å². The Morgan fingerprint density at radius 1 is 1.13 bits per heavy atom. The van der Waals surface area contributed by atoms with Gasteiger partial charge in [-0.3, -0.25) is 9.89 Å². The van der Waals surface area contributed by atoms with Crippen LogP contribution in [0.4, 0.5) is 0 Å². The molecule has 1 unspecified atom stereocenters. The van der Waals surface area contributed by atoms with Crippen LogP contribution in [0, 0.1) is 0 Å². The highest BCUT2D eigenvalue weighted by Gasteiger charge is 2.20. The van der Waals surface area contributed by atoms with Crippen molar-refractivity contribution in [2.24, 2.45) is 4.99 Å². The maximum absolute atomic E-state index is 11.5. The predicted octanol–water partition coefficient (Wildman–Crippen LogP) is 3.09. The number of rotatable bonds is 10. The highest BCUT2D eigenvalue weighted by Crippen LogP contribution is 2.20. The molecule has 1 aromatic carbocycles. The maximum Gasteiger partial charge on any atom is 0.191 e. The van der Waals surface area contributed by atoms with Crippen molar-refractivity contribution in [2.75, 3.05) is 39.5 Å². The molecular weight excluding hydrogens is 515 g/mol. The summed E-state index contributed by atoms with van der Waals surface area (Å²) in [7, 11) is -1.41. The fourth-order valence-electron chi connectivity index (χ4n) is 3.20. The van der Waals surface area contributed by atoms with Gasteiger partial charge >= 0.3 is 0 Å². The van der Waals surface area contributed by atoms with E-state index in [9.17, 15) is 8.42 Å². The molecule has 2 N–H and O–H groups in total. The summed E-state index contributed by atoms with van der Waals surface area (Å²) in [6, 6.07) is 11.0. The molecule has 0 aliphatic heterocycles. The molecule has 0 saturated carbocycles. The molecule has 7 nitrogen and oxygen atoms in total. The van der Waals surface area contributed by atoms with E-state index in [1.54, 1.807) is 25.4 Å². The van der Waals surface area contributed by atoms with Crippen LogP contribution < -0.4 is 10.6 Å². The van der Waals surface area contributed by atoms with Gasteiger partial charge in [0.25, 0.3) is 0 Å². The van der Waals surface area contributed by atoms with Gasteiger partial charge < -0.3 is 15.1 Å². The molecular formula is C21H33IN4O3S. The number of benzene rings is 1. The number of hydrogen-bond acceptors (Lipinski definition) is 5. The molecule has 0 spiro atoms. The van der Waals surface area contributed by atoms with Crippen molar-refractivity contribution in [3.63, 3.8) is 0 Å². The summed E-state index contributed by atoms with van der Waals surface area (Å²) in [5, 5.41) is 6.69. The number of guanidine groups is 1. The third-order valence-corrected chi connectivity index (χ3v) is 6.00. The molecule has 0 radical (unpaired) electrons. The summed E-state index contributed by atoms with van der Waals surface area (Å²) in [5.74, 6) is 1.66. The first-order chi connectivity index (χ1) is 13.9. The van der Waals surface area contributed by atoms with Crippen LogP contribution in [0.15, 0.2) is 57.0 Å². The van der Waals surface area contributed by atoms with Crippen molar-refractivity contribution >= 4 is 39.8 Å². The minimum absolute atomic E-state index is 0. The lowest BCUT2D eigenvalue weighted by Gasteiger charge is -2.28. The van der Waals surface area contributed by atoms with Crippen molar-refractivity contribution in [1.82, 2.24) is 15.5 Å². The third-order valence-electron chi connectivity index (χ3n) is 4.87. The number of sulfone groups is 1. The monoisotopic (exact) mass is 548 g/mol. The summed E-state index contributed by atoms with van der Waals surface area (Å²) in [6.45, 7) is 7.51. The Morgan fingerprint density at radius 3 is 2.30 bits per heavy atom. The molecule has 0 fully saturated rings. The Labute approximate surface area is 197 Å². The van der Waals surface area contributed by atoms with Crippen LogP contribution in [0.5, 0.6) is 0 Å². The summed E-state index contributed by atoms with van der Waals surface area (Å²) < 4.78 is 28.7. The maximum atomic E-state index is 11.5. The SMILES string of the molecule is CCN(CC)C(CNC(=NC)NCCc1ccc(S(C)(=O)=O)cc1)c1ccco1.I. The first-order valence-corrected chi connectivity index (χ1v) is 11.8. The van der Waals surface area contributed by atoms with E-state index in [1.165, 1.54) is 6.26 Å². The summed E-state index contributed by atoms with van der Waals surface area (Å²) in [5.41, 5.74) is 1.07. The Hall–Kier alpha value is -1.59. The molecule has 0 amide bonds. The molecule has 0 bridgehead atoms. The summed E-state index contributed by atoms with van der Waals surface area (Å²) in [4.78, 5) is 6.97. The van der Waals surface area contributed by atoms with Crippen molar-refractivity contribution in [3.05, 3.63) is 54.0 Å². The van der Waals surface area contributed by atoms with Crippen LogP contribution >= 0.6 is 24.0 Å². The number of halogens is 1. The zero-order chi connectivity index (χ0) is 21.3. The standard InChI is InChI=1S/C21H32N4O3S.HI/c1-5-25(6-2)19(20-8-7-15-28-20)16-24-21(22-3)23-14-13-17-9-11-18(12-10-17)29(4,26)27;/h7-12,15,19H,5-6,13-14,16H2,1-4H3,(H2,22,23,24);1H. The van der Waals surface area contributed by atoms with E-state index < -0.39 is 9.84 Å². The van der Waals surface area contributed by atoms with E-state index >= 15 is 0 Å². The summed E-state index contributed by atoms with van der Waals surface area (Å²) in [6.07, 6.45) is 3.68. The molecule has 0 aliphatic rings. The van der Waals surface area contributed by atoms with Crippen LogP contribution in [-0.2, 0) is 16.3 Å². The van der Waals surface area contributed by atoms with Gasteiger partial charge in [-0.2, -0.15) is 0 Å². The fraction of sp³-hybridized carbons (Fsp3) is 0.476. The Balaban J connectivity index is 0.00000450. The largest absolute Gasteiger partial charge is 0.468 e. The molecule has 2 rings (SSSR count). The number of aliphatic imine (C=N–C) groups is 1. The molecule has 1 heterocycles. The van der Waals surface area contributed by atoms with Crippen LogP contribution in [-0.4, -0.2) is 58.8 Å². The van der Waals surface area contributed by atoms with Gasteiger partial charge in [0.05, 0.1) is 17.2 Å². The topological polar surface area (TPSA) is 86.9 Å². The first kappa shape index (κ1) is 26.4. The Morgan fingerprint density at radius 2 is 1.80 bits per heavy atom. The van der Waals surface area contributed by atoms with Gasteiger partial charge in [-0.05, 0) is 49.3 Å². The number of nitrogens with zero attached hydrogens (tertiary/aromatic N) is 2. The molecule has 168 valence electrons. The van der Waals surface area contributed by atoms with E-state index in [1.807, 2.05) is 24.3 Å². The Kier molecular flexibility index (Phi) is 11.4. The van der Waals surface area contributed by atoms with Crippen molar-refractivity contribution in [2.45, 2.75) is 31.2 Å². The van der Waals surface area contributed by atoms with Crippen LogP contribution in [0.25, 0.3) is 0 Å². The smallest absolute Gasteiger partial charge is 0.191 e. The van der Waals surface area contributed by atoms with Gasteiger partial charge in [0.2, 0.25) is 0 Å². The lowest BCUT2D eigenvalue weighted by molar-refractivity contribution is 0.193. The quantitative estimate of drug-likeness (QED) is 0.270. The van der Waals surface area contributed by atoms with Crippen LogP contribution in [0.2, 0.25) is 0 Å². The van der Waals surface area contributed by atoms with Gasteiger partial charge in [0.15, 0.2) is 15.8 Å². The fourth-order valence-corrected chi connectivity index (χ4v) is 3.83. The van der Waals surface area contributed by atoms with Gasteiger partial charge in [0, 0.05) is 26.4 Å². The second-order valence-corrected chi connectivity index (χ2v) is 8.81. The average Bonchev–Trinajstić information content (AvgIpc) is 3.23. The second kappa shape index (κ2) is 13.0. The Bertz CT molecular complexity index is 864. The molecule has 0 saturated heterocycles. The van der Waals surface area contributed by atoms with Gasteiger partial charge in [0.1, 0.15) is 5.76 Å². The minimum Gasteiger partial charge on any atom is -0.468 e. The zero-order valence-corrected chi connectivity index (χ0v) is 21.2. The van der Waals surface area contributed by atoms with E-state index in [2.05, 4.69) is 34.4 Å². The van der Waals surface area contributed by atoms with Gasteiger partial charge in [-0.1, -0.05) is 26.0 Å². The van der Waals surface area contributed by atoms with Crippen molar-refractivity contribution in [1.29, 1.82) is 0 Å². The highest BCUT2D eigenvalue weighted by molar-refractivity contribution is 14.0. The lowest BCUT2D eigenvalue weighted by atomic mass is 10.1. The highest BCUT2D eigenvalue weighted by atomic mass is 127. The van der Waals surface area contributed by atoms with E-state index in [4.69, 9.17) is 4.42 Å². The number of hydrogen-bond donors (Lipinski definition) is 2. The molecule has 1 aromatic heterocycles. The summed E-state index contributed by atoms with van der Waals surface area (Å²) >= 11 is 0. The number of likely N-dealkylation sites (N-methyl/N-ethyl adjacent to an activating group) is 1. The first-order valence-electron chi connectivity index (χ1n) is 9.90. The van der Waals surface area contributed by atoms with E-state index in [-0.39, 0.29) is 30.0 Å². The number of furan rings is 1. The zero-order valence-electron chi connectivity index (χ0n) is 18.1. The van der Waals surface area contributed by atoms with Gasteiger partial charge in [-0.25, -0.2) is 8.42 Å². The predicted molar refractivity (Wildman–Crippen MR) is 132 cm³/mol. The molecule has 9 heteroatoms. The van der Waals surface area contributed by atoms with Gasteiger partial charge in [-0.15, -0.1) is 24.0 Å². The lowest BCUT2D eigenvalue weighted by Crippen LogP contribution is -2.43. The second-order valence-electron chi connectivity index (χ2n) is 6.80. The van der Waals surface area contributed by atoms with Crippen molar-refractivity contribution in [3.8, 4) is 0 Å². The molecule has 1 atom stereocenters. The average molecular weight is 548 g/mol. The van der Waals surface area contributed by atoms with Crippen LogP contribution in [0.1, 0.15) is 31.2 Å².